The molecule has 1 aromatic heterocycles. The molecule has 0 aliphatic carbocycles. The van der Waals surface area contributed by atoms with Crippen LogP contribution in [0.1, 0.15) is 17.7 Å². The molecular weight excluding hydrogens is 286 g/mol. The van der Waals surface area contributed by atoms with Crippen LogP contribution in [0, 0.1) is 6.92 Å². The Morgan fingerprint density at radius 2 is 2.23 bits per heavy atom. The van der Waals surface area contributed by atoms with E-state index in [1.807, 2.05) is 24.3 Å². The second kappa shape index (κ2) is 5.88. The molecule has 1 N–H and O–H groups in total. The molecule has 1 unspecified atom stereocenters. The number of rotatable bonds is 4. The molecule has 7 nitrogen and oxygen atoms in total. The lowest BCUT2D eigenvalue weighted by molar-refractivity contribution is -0.125. The molecule has 1 atom stereocenters. The van der Waals surface area contributed by atoms with Gasteiger partial charge in [-0.2, -0.15) is 0 Å². The number of anilines is 1. The fourth-order valence-electron chi connectivity index (χ4n) is 2.19. The fraction of sp³-hybridized carbons (Fsp3) is 0.267. The highest BCUT2D eigenvalue weighted by molar-refractivity contribution is 6.07. The van der Waals surface area contributed by atoms with E-state index in [4.69, 9.17) is 14.1 Å². The molecule has 1 amide bonds. The van der Waals surface area contributed by atoms with Crippen LogP contribution in [0.3, 0.4) is 0 Å². The van der Waals surface area contributed by atoms with Gasteiger partial charge >= 0.3 is 0 Å². The quantitative estimate of drug-likeness (QED) is 0.934. The van der Waals surface area contributed by atoms with Gasteiger partial charge in [0, 0.05) is 18.1 Å². The predicted molar refractivity (Wildman–Crippen MR) is 78.9 cm³/mol. The first-order valence-corrected chi connectivity index (χ1v) is 6.77. The highest BCUT2D eigenvalue weighted by Crippen LogP contribution is 2.25. The van der Waals surface area contributed by atoms with Crippen LogP contribution in [0.25, 0.3) is 0 Å². The fourth-order valence-corrected chi connectivity index (χ4v) is 2.19. The van der Waals surface area contributed by atoms with Gasteiger partial charge in [-0.15, -0.1) is 0 Å². The zero-order valence-electron chi connectivity index (χ0n) is 12.2. The number of amides is 1. The van der Waals surface area contributed by atoms with E-state index in [2.05, 4.69) is 15.6 Å². The van der Waals surface area contributed by atoms with Gasteiger partial charge in [0.25, 0.3) is 5.91 Å². The molecule has 7 heteroatoms. The average molecular weight is 301 g/mol. The van der Waals surface area contributed by atoms with Crippen molar-refractivity contribution in [2.75, 3.05) is 12.4 Å². The summed E-state index contributed by atoms with van der Waals surface area (Å²) in [6.07, 6.45) is -0.333. The van der Waals surface area contributed by atoms with Gasteiger partial charge in [0.2, 0.25) is 6.10 Å². The van der Waals surface area contributed by atoms with Crippen LogP contribution in [0.4, 0.5) is 5.82 Å². The lowest BCUT2D eigenvalue weighted by Gasteiger charge is -2.08. The molecule has 0 fully saturated rings. The van der Waals surface area contributed by atoms with Gasteiger partial charge in [-0.05, 0) is 19.1 Å². The van der Waals surface area contributed by atoms with Crippen LogP contribution < -0.4 is 10.1 Å². The third kappa shape index (κ3) is 2.78. The molecule has 0 spiro atoms. The van der Waals surface area contributed by atoms with E-state index >= 15 is 0 Å². The summed E-state index contributed by atoms with van der Waals surface area (Å²) >= 11 is 0. The summed E-state index contributed by atoms with van der Waals surface area (Å²) in [6.45, 7) is 1.75. The molecule has 0 saturated carbocycles. The second-order valence-corrected chi connectivity index (χ2v) is 4.85. The molecule has 2 aromatic rings. The first kappa shape index (κ1) is 14.1. The number of hydrogen-bond acceptors (Lipinski definition) is 6. The van der Waals surface area contributed by atoms with Crippen molar-refractivity contribution in [3.63, 3.8) is 0 Å². The molecule has 3 rings (SSSR count). The van der Waals surface area contributed by atoms with Gasteiger partial charge in [0.1, 0.15) is 11.5 Å². The number of carbonyl (C=O) groups excluding carboxylic acids is 1. The summed E-state index contributed by atoms with van der Waals surface area (Å²) in [6, 6.07) is 9.10. The van der Waals surface area contributed by atoms with E-state index in [9.17, 15) is 4.79 Å². The number of benzene rings is 1. The highest BCUT2D eigenvalue weighted by Gasteiger charge is 2.30. The van der Waals surface area contributed by atoms with Crippen LogP contribution in [-0.2, 0) is 9.63 Å². The molecule has 1 aliphatic rings. The number of aromatic nitrogens is 1. The number of oxime groups is 1. The third-order valence-electron chi connectivity index (χ3n) is 3.26. The van der Waals surface area contributed by atoms with Gasteiger partial charge in [-0.3, -0.25) is 4.79 Å². The Labute approximate surface area is 126 Å². The van der Waals surface area contributed by atoms with Crippen molar-refractivity contribution in [3.05, 3.63) is 41.7 Å². The van der Waals surface area contributed by atoms with E-state index in [-0.39, 0.29) is 5.91 Å². The van der Waals surface area contributed by atoms with Gasteiger partial charge in [0.15, 0.2) is 5.82 Å². The Kier molecular flexibility index (Phi) is 3.78. The van der Waals surface area contributed by atoms with Crippen LogP contribution in [0.5, 0.6) is 5.75 Å². The van der Waals surface area contributed by atoms with Crippen molar-refractivity contribution < 1.29 is 18.9 Å². The maximum absolute atomic E-state index is 12.1. The first-order valence-electron chi connectivity index (χ1n) is 6.77. The zero-order valence-corrected chi connectivity index (χ0v) is 12.2. The van der Waals surface area contributed by atoms with E-state index in [1.54, 1.807) is 20.1 Å². The highest BCUT2D eigenvalue weighted by atomic mass is 16.6. The predicted octanol–water partition coefficient (Wildman–Crippen LogP) is 2.12. The number of para-hydroxylation sites is 1. The Morgan fingerprint density at radius 1 is 1.41 bits per heavy atom. The molecule has 1 aromatic carbocycles. The number of carbonyl (C=O) groups is 1. The van der Waals surface area contributed by atoms with Crippen molar-refractivity contribution in [1.82, 2.24) is 5.16 Å². The zero-order chi connectivity index (χ0) is 15.5. The molecule has 0 saturated heterocycles. The molecule has 22 heavy (non-hydrogen) atoms. The number of nitrogens with zero attached hydrogens (tertiary/aromatic N) is 2. The van der Waals surface area contributed by atoms with Gasteiger partial charge in [-0.25, -0.2) is 0 Å². The summed E-state index contributed by atoms with van der Waals surface area (Å²) in [4.78, 5) is 17.4. The van der Waals surface area contributed by atoms with Gasteiger partial charge in [0.05, 0.1) is 12.8 Å². The summed E-state index contributed by atoms with van der Waals surface area (Å²) < 4.78 is 10.2. The number of hydrogen-bond donors (Lipinski definition) is 1. The minimum atomic E-state index is -0.697. The van der Waals surface area contributed by atoms with Crippen molar-refractivity contribution in [3.8, 4) is 5.75 Å². The van der Waals surface area contributed by atoms with E-state index < -0.39 is 6.10 Å². The molecule has 0 bridgehead atoms. The number of methoxy groups -OCH3 is 1. The topological polar surface area (TPSA) is 86.0 Å². The smallest absolute Gasteiger partial charge is 0.269 e. The van der Waals surface area contributed by atoms with Crippen molar-refractivity contribution >= 4 is 17.4 Å². The minimum absolute atomic E-state index is 0.318. The monoisotopic (exact) mass is 301 g/mol. The molecular formula is C15H15N3O4. The minimum Gasteiger partial charge on any atom is -0.496 e. The number of ether oxygens (including phenoxy) is 1. The van der Waals surface area contributed by atoms with Crippen molar-refractivity contribution in [2.45, 2.75) is 19.4 Å². The lowest BCUT2D eigenvalue weighted by Crippen LogP contribution is -2.28. The Hall–Kier alpha value is -2.83. The van der Waals surface area contributed by atoms with Crippen molar-refractivity contribution in [2.24, 2.45) is 5.16 Å². The lowest BCUT2D eigenvalue weighted by atomic mass is 10.0. The first-order chi connectivity index (χ1) is 10.7. The SMILES string of the molecule is COc1ccccc1C1=NOC(C(=O)Nc2cc(C)on2)C1. The summed E-state index contributed by atoms with van der Waals surface area (Å²) in [5, 5.41) is 10.3. The Bertz CT molecular complexity index is 723. The van der Waals surface area contributed by atoms with Crippen LogP contribution in [-0.4, -0.2) is 30.0 Å². The summed E-state index contributed by atoms with van der Waals surface area (Å²) in [5.41, 5.74) is 1.49. The summed E-state index contributed by atoms with van der Waals surface area (Å²) in [5.74, 6) is 1.35. The summed E-state index contributed by atoms with van der Waals surface area (Å²) in [7, 11) is 1.59. The van der Waals surface area contributed by atoms with Gasteiger partial charge in [-0.1, -0.05) is 22.4 Å². The maximum atomic E-state index is 12.1. The van der Waals surface area contributed by atoms with Crippen molar-refractivity contribution in [1.29, 1.82) is 0 Å². The normalized spacial score (nSPS) is 16.8. The number of aryl methyl sites for hydroxylation is 1. The molecule has 1 aliphatic heterocycles. The molecule has 2 heterocycles. The van der Waals surface area contributed by atoms with Crippen LogP contribution in [0.2, 0.25) is 0 Å². The largest absolute Gasteiger partial charge is 0.496 e. The van der Waals surface area contributed by atoms with E-state index in [0.29, 0.717) is 29.5 Å². The number of nitrogens with one attached hydrogen (secondary N) is 1. The van der Waals surface area contributed by atoms with E-state index in [0.717, 1.165) is 5.56 Å². The Morgan fingerprint density at radius 3 is 2.95 bits per heavy atom. The second-order valence-electron chi connectivity index (χ2n) is 4.85. The van der Waals surface area contributed by atoms with Crippen LogP contribution >= 0.6 is 0 Å². The Balaban J connectivity index is 1.67. The van der Waals surface area contributed by atoms with Crippen LogP contribution in [0.15, 0.2) is 40.0 Å². The van der Waals surface area contributed by atoms with Gasteiger partial charge < -0.3 is 19.4 Å². The average Bonchev–Trinajstić information content (AvgIpc) is 3.16. The van der Waals surface area contributed by atoms with E-state index in [1.165, 1.54) is 0 Å². The third-order valence-corrected chi connectivity index (χ3v) is 3.26. The molecule has 114 valence electrons. The maximum Gasteiger partial charge on any atom is 0.269 e. The standard InChI is InChI=1S/C15H15N3O4/c1-9-7-14(18-21-9)16-15(19)13-8-11(17-22-13)10-5-3-4-6-12(10)20-2/h3-7,13H,8H2,1-2H3,(H,16,18,19). The molecule has 0 radical (unpaired) electrons.